The van der Waals surface area contributed by atoms with Gasteiger partial charge in [-0.05, 0) is 41.2 Å². The lowest BCUT2D eigenvalue weighted by Crippen LogP contribution is -1.94. The summed E-state index contributed by atoms with van der Waals surface area (Å²) in [5, 5.41) is 0. The summed E-state index contributed by atoms with van der Waals surface area (Å²) in [7, 11) is 0. The summed E-state index contributed by atoms with van der Waals surface area (Å²) in [6, 6.07) is 16.7. The molecule has 2 aromatic carbocycles. The molecule has 0 aliphatic rings. The zero-order valence-electron chi connectivity index (χ0n) is 12.8. The summed E-state index contributed by atoms with van der Waals surface area (Å²) >= 11 is 0. The van der Waals surface area contributed by atoms with E-state index in [2.05, 4.69) is 62.5 Å². The number of benzene rings is 2. The van der Waals surface area contributed by atoms with Crippen molar-refractivity contribution in [1.82, 2.24) is 0 Å². The van der Waals surface area contributed by atoms with Gasteiger partial charge in [-0.3, -0.25) is 0 Å². The van der Waals surface area contributed by atoms with Crippen LogP contribution in [0.5, 0.6) is 0 Å². The van der Waals surface area contributed by atoms with E-state index in [0.29, 0.717) is 0 Å². The topological polar surface area (TPSA) is 0 Å². The lowest BCUT2D eigenvalue weighted by atomic mass is 9.94. The fourth-order valence-electron chi connectivity index (χ4n) is 2.19. The van der Waals surface area contributed by atoms with Gasteiger partial charge in [-0.15, -0.1) is 0 Å². The van der Waals surface area contributed by atoms with Crippen LogP contribution in [0.25, 0.3) is 11.6 Å². The molecule has 0 spiro atoms. The molecule has 0 heterocycles. The average Bonchev–Trinajstić information content (AvgIpc) is 2.50. The Labute approximate surface area is 123 Å². The van der Waals surface area contributed by atoms with Gasteiger partial charge in [-0.1, -0.05) is 81.6 Å². The third-order valence-corrected chi connectivity index (χ3v) is 3.20. The largest absolute Gasteiger partial charge is 0.0985 e. The summed E-state index contributed by atoms with van der Waals surface area (Å²) < 4.78 is 0. The van der Waals surface area contributed by atoms with Crippen LogP contribution in [0.1, 0.15) is 36.1 Å². The fraction of sp³-hybridized carbons (Fsp3) is 0.200. The predicted molar refractivity (Wildman–Crippen MR) is 91.8 cm³/mol. The molecule has 0 nitrogen and oxygen atoms in total. The summed E-state index contributed by atoms with van der Waals surface area (Å²) in [5.41, 5.74) is 6.14. The molecule has 0 heteroatoms. The van der Waals surface area contributed by atoms with Crippen LogP contribution in [0.4, 0.5) is 0 Å². The van der Waals surface area contributed by atoms with Crippen molar-refractivity contribution in [3.63, 3.8) is 0 Å². The Kier molecular flexibility index (Phi) is 6.52. The summed E-state index contributed by atoms with van der Waals surface area (Å²) in [5.74, 6) is 0. The first-order valence-electron chi connectivity index (χ1n) is 7.16. The second-order valence-corrected chi connectivity index (χ2v) is 4.50. The molecule has 20 heavy (non-hydrogen) atoms. The third kappa shape index (κ3) is 3.96. The minimum atomic E-state index is 0.868. The highest BCUT2D eigenvalue weighted by Crippen LogP contribution is 2.23. The van der Waals surface area contributed by atoms with Crippen LogP contribution in [-0.4, -0.2) is 0 Å². The minimum Gasteiger partial charge on any atom is -0.0985 e. The van der Waals surface area contributed by atoms with Crippen LogP contribution < -0.4 is 0 Å². The maximum absolute atomic E-state index is 4.22. The molecule has 0 saturated carbocycles. The van der Waals surface area contributed by atoms with Crippen molar-refractivity contribution in [3.05, 3.63) is 83.9 Å². The Hall–Kier alpha value is -2.08. The maximum Gasteiger partial charge on any atom is -0.00197 e. The quantitative estimate of drug-likeness (QED) is 0.643. The van der Waals surface area contributed by atoms with Gasteiger partial charge in [-0.2, -0.15) is 0 Å². The number of rotatable bonds is 4. The highest BCUT2D eigenvalue weighted by molar-refractivity contribution is 5.69. The van der Waals surface area contributed by atoms with Crippen molar-refractivity contribution in [2.24, 2.45) is 0 Å². The lowest BCUT2D eigenvalue weighted by Gasteiger charge is -2.11. The lowest BCUT2D eigenvalue weighted by molar-refractivity contribution is 1.26. The zero-order valence-corrected chi connectivity index (χ0v) is 12.8. The van der Waals surface area contributed by atoms with E-state index in [0.717, 1.165) is 12.0 Å². The third-order valence-electron chi connectivity index (χ3n) is 3.20. The Morgan fingerprint density at radius 1 is 1.00 bits per heavy atom. The van der Waals surface area contributed by atoms with Crippen LogP contribution in [-0.2, 0) is 6.42 Å². The molecule has 2 rings (SSSR count). The van der Waals surface area contributed by atoms with E-state index in [1.165, 1.54) is 22.3 Å². The highest BCUT2D eigenvalue weighted by atomic mass is 14.1. The number of hydrogen-bond donors (Lipinski definition) is 0. The van der Waals surface area contributed by atoms with Crippen molar-refractivity contribution in [1.29, 1.82) is 0 Å². The Morgan fingerprint density at radius 2 is 1.60 bits per heavy atom. The van der Waals surface area contributed by atoms with Crippen LogP contribution in [0, 0.1) is 6.92 Å². The van der Waals surface area contributed by atoms with Crippen molar-refractivity contribution < 1.29 is 0 Å². The highest BCUT2D eigenvalue weighted by Gasteiger charge is 2.05. The van der Waals surface area contributed by atoms with Crippen LogP contribution in [0.2, 0.25) is 0 Å². The molecular weight excluding hydrogens is 240 g/mol. The molecule has 104 valence electrons. The van der Waals surface area contributed by atoms with Gasteiger partial charge in [-0.25, -0.2) is 0 Å². The van der Waals surface area contributed by atoms with Gasteiger partial charge >= 0.3 is 0 Å². The molecule has 0 radical (unpaired) electrons. The van der Waals surface area contributed by atoms with E-state index in [-0.39, 0.29) is 0 Å². The van der Waals surface area contributed by atoms with Crippen molar-refractivity contribution >= 4 is 11.6 Å². The SMILES string of the molecule is C=Cc1ccccc1CC(=C)c1ccccc1C.CC. The van der Waals surface area contributed by atoms with E-state index in [1.54, 1.807) is 0 Å². The van der Waals surface area contributed by atoms with Crippen molar-refractivity contribution in [3.8, 4) is 0 Å². The summed E-state index contributed by atoms with van der Waals surface area (Å²) in [6.45, 7) is 14.2. The second-order valence-electron chi connectivity index (χ2n) is 4.50. The van der Waals surface area contributed by atoms with Gasteiger partial charge < -0.3 is 0 Å². The molecule has 0 aliphatic heterocycles. The van der Waals surface area contributed by atoms with E-state index in [9.17, 15) is 0 Å². The van der Waals surface area contributed by atoms with Gasteiger partial charge in [0.05, 0.1) is 0 Å². The van der Waals surface area contributed by atoms with Crippen molar-refractivity contribution in [2.75, 3.05) is 0 Å². The zero-order chi connectivity index (χ0) is 15.0. The normalized spacial score (nSPS) is 9.35. The maximum atomic E-state index is 4.22. The molecule has 0 saturated heterocycles. The van der Waals surface area contributed by atoms with Gasteiger partial charge in [0.15, 0.2) is 0 Å². The van der Waals surface area contributed by atoms with Crippen molar-refractivity contribution in [2.45, 2.75) is 27.2 Å². The molecule has 0 aromatic heterocycles. The minimum absolute atomic E-state index is 0.868. The van der Waals surface area contributed by atoms with Gasteiger partial charge in [0, 0.05) is 0 Å². The molecule has 0 atom stereocenters. The molecule has 2 aromatic rings. The van der Waals surface area contributed by atoms with Gasteiger partial charge in [0.2, 0.25) is 0 Å². The van der Waals surface area contributed by atoms with E-state index in [1.807, 2.05) is 26.0 Å². The standard InChI is InChI=1S/C18H18.C2H6/c1-4-16-10-6-7-11-17(16)13-15(3)18-12-8-5-9-14(18)2;1-2/h4-12H,1,3,13H2,2H3;1-2H3. The molecule has 0 aliphatic carbocycles. The smallest absolute Gasteiger partial charge is 0.00197 e. The average molecular weight is 264 g/mol. The van der Waals surface area contributed by atoms with Crippen LogP contribution in [0.15, 0.2) is 61.7 Å². The molecule has 0 amide bonds. The predicted octanol–water partition coefficient (Wildman–Crippen LogP) is 5.92. The first-order valence-corrected chi connectivity index (χ1v) is 7.16. The Balaban J connectivity index is 0.000000956. The fourth-order valence-corrected chi connectivity index (χ4v) is 2.19. The van der Waals surface area contributed by atoms with E-state index in [4.69, 9.17) is 0 Å². The second kappa shape index (κ2) is 8.16. The Morgan fingerprint density at radius 3 is 2.25 bits per heavy atom. The number of hydrogen-bond acceptors (Lipinski definition) is 0. The van der Waals surface area contributed by atoms with E-state index >= 15 is 0 Å². The summed E-state index contributed by atoms with van der Waals surface area (Å²) in [6.07, 6.45) is 2.77. The molecule has 0 bridgehead atoms. The Bertz CT molecular complexity index is 576. The van der Waals surface area contributed by atoms with Gasteiger partial charge in [0.1, 0.15) is 0 Å². The molecule has 0 fully saturated rings. The monoisotopic (exact) mass is 264 g/mol. The van der Waals surface area contributed by atoms with Gasteiger partial charge in [0.25, 0.3) is 0 Å². The summed E-state index contributed by atoms with van der Waals surface area (Å²) in [4.78, 5) is 0. The first kappa shape index (κ1) is 16.0. The number of aryl methyl sites for hydroxylation is 1. The van der Waals surface area contributed by atoms with Crippen LogP contribution in [0.3, 0.4) is 0 Å². The van der Waals surface area contributed by atoms with E-state index < -0.39 is 0 Å². The first-order chi connectivity index (χ1) is 9.72. The molecule has 0 unspecified atom stereocenters. The number of allylic oxidation sites excluding steroid dienone is 1. The van der Waals surface area contributed by atoms with Crippen LogP contribution >= 0.6 is 0 Å². The molecule has 0 N–H and O–H groups in total. The molecular formula is C20H24.